The van der Waals surface area contributed by atoms with Crippen molar-refractivity contribution in [1.82, 2.24) is 0 Å². The van der Waals surface area contributed by atoms with Crippen LogP contribution in [0.2, 0.25) is 10.0 Å². The second-order valence-electron chi connectivity index (χ2n) is 5.66. The fourth-order valence-corrected chi connectivity index (χ4v) is 2.73. The van der Waals surface area contributed by atoms with Crippen molar-refractivity contribution >= 4 is 40.8 Å². The summed E-state index contributed by atoms with van der Waals surface area (Å²) < 4.78 is 16.2. The van der Waals surface area contributed by atoms with Crippen LogP contribution in [0.4, 0.5) is 5.69 Å². The molecule has 2 aromatic rings. The van der Waals surface area contributed by atoms with Gasteiger partial charge < -0.3 is 19.5 Å². The Morgan fingerprint density at radius 1 is 1.00 bits per heavy atom. The maximum Gasteiger partial charge on any atom is 0.338 e. The van der Waals surface area contributed by atoms with Crippen molar-refractivity contribution in [1.29, 1.82) is 0 Å². The van der Waals surface area contributed by atoms with Gasteiger partial charge in [-0.15, -0.1) is 0 Å². The fraction of sp³-hybridized carbons (Fsp3) is 0.300. The zero-order chi connectivity index (χ0) is 20.5. The molecular weight excluding hydrogens is 405 g/mol. The van der Waals surface area contributed by atoms with E-state index in [0.717, 1.165) is 6.42 Å². The molecule has 8 heteroatoms. The van der Waals surface area contributed by atoms with Crippen molar-refractivity contribution in [2.45, 2.75) is 20.3 Å². The second-order valence-corrected chi connectivity index (χ2v) is 6.48. The summed E-state index contributed by atoms with van der Waals surface area (Å²) in [6.07, 6.45) is 0.847. The third kappa shape index (κ3) is 6.04. The normalized spacial score (nSPS) is 10.3. The molecule has 1 N–H and O–H groups in total. The number of halogens is 2. The van der Waals surface area contributed by atoms with Gasteiger partial charge in [-0.3, -0.25) is 4.79 Å². The van der Waals surface area contributed by atoms with E-state index < -0.39 is 18.5 Å². The highest BCUT2D eigenvalue weighted by molar-refractivity contribution is 6.39. The van der Waals surface area contributed by atoms with Gasteiger partial charge in [0.25, 0.3) is 5.91 Å². The first kappa shape index (κ1) is 21.9. The van der Waals surface area contributed by atoms with E-state index in [2.05, 4.69) is 5.32 Å². The molecule has 0 aliphatic carbocycles. The zero-order valence-electron chi connectivity index (χ0n) is 15.6. The maximum atomic E-state index is 12.3. The highest BCUT2D eigenvalue weighted by atomic mass is 35.5. The summed E-state index contributed by atoms with van der Waals surface area (Å²) in [6.45, 7) is 4.29. The largest absolute Gasteiger partial charge is 0.490 e. The van der Waals surface area contributed by atoms with Crippen LogP contribution in [0.5, 0.6) is 11.5 Å². The Hall–Kier alpha value is -2.44. The van der Waals surface area contributed by atoms with Crippen LogP contribution in [-0.2, 0) is 9.53 Å². The Morgan fingerprint density at radius 2 is 1.71 bits per heavy atom. The first-order valence-corrected chi connectivity index (χ1v) is 9.52. The van der Waals surface area contributed by atoms with Gasteiger partial charge in [-0.05, 0) is 43.7 Å². The van der Waals surface area contributed by atoms with Gasteiger partial charge in [0.05, 0.1) is 34.5 Å². The number of ether oxygens (including phenoxy) is 3. The molecule has 0 fully saturated rings. The van der Waals surface area contributed by atoms with Gasteiger partial charge >= 0.3 is 5.97 Å². The van der Waals surface area contributed by atoms with E-state index in [1.807, 2.05) is 13.8 Å². The summed E-state index contributed by atoms with van der Waals surface area (Å²) in [5.74, 6) is -0.233. The van der Waals surface area contributed by atoms with Gasteiger partial charge in [0.15, 0.2) is 18.1 Å². The molecule has 28 heavy (non-hydrogen) atoms. The second kappa shape index (κ2) is 10.8. The number of amides is 1. The average molecular weight is 426 g/mol. The standard InChI is InChI=1S/C20H21Cl2NO5/c1-3-10-27-16-9-8-13(11-17(16)26-4-2)20(25)28-12-18(24)23-19-14(21)6-5-7-15(19)22/h5-9,11H,3-4,10,12H2,1-2H3,(H,23,24). The Kier molecular flexibility index (Phi) is 8.42. The lowest BCUT2D eigenvalue weighted by atomic mass is 10.2. The molecule has 0 aliphatic heterocycles. The number of benzene rings is 2. The molecule has 1 amide bonds. The molecule has 0 atom stereocenters. The molecule has 0 saturated carbocycles. The quantitative estimate of drug-likeness (QED) is 0.573. The van der Waals surface area contributed by atoms with E-state index in [4.69, 9.17) is 37.4 Å². The Balaban J connectivity index is 2.00. The molecule has 0 saturated heterocycles. The number of carbonyl (C=O) groups excluding carboxylic acids is 2. The predicted molar refractivity (Wildman–Crippen MR) is 109 cm³/mol. The number of esters is 1. The van der Waals surface area contributed by atoms with Gasteiger partial charge in [-0.2, -0.15) is 0 Å². The number of hydrogen-bond acceptors (Lipinski definition) is 5. The van der Waals surface area contributed by atoms with Gasteiger partial charge in [0.1, 0.15) is 0 Å². The van der Waals surface area contributed by atoms with E-state index in [-0.39, 0.29) is 21.3 Å². The van der Waals surface area contributed by atoms with Crippen LogP contribution in [-0.4, -0.2) is 31.7 Å². The van der Waals surface area contributed by atoms with Crippen molar-refractivity contribution in [2.75, 3.05) is 25.1 Å². The van der Waals surface area contributed by atoms with E-state index in [1.165, 1.54) is 6.07 Å². The first-order chi connectivity index (χ1) is 13.5. The van der Waals surface area contributed by atoms with Gasteiger partial charge in [-0.25, -0.2) is 4.79 Å². The highest BCUT2D eigenvalue weighted by Gasteiger charge is 2.15. The fourth-order valence-electron chi connectivity index (χ4n) is 2.24. The van der Waals surface area contributed by atoms with Crippen LogP contribution in [0.1, 0.15) is 30.6 Å². The lowest BCUT2D eigenvalue weighted by molar-refractivity contribution is -0.119. The molecule has 6 nitrogen and oxygen atoms in total. The SMILES string of the molecule is CCCOc1ccc(C(=O)OCC(=O)Nc2c(Cl)cccc2Cl)cc1OCC. The highest BCUT2D eigenvalue weighted by Crippen LogP contribution is 2.30. The van der Waals surface area contributed by atoms with Crippen molar-refractivity contribution < 1.29 is 23.8 Å². The lowest BCUT2D eigenvalue weighted by Gasteiger charge is -2.13. The number of nitrogens with one attached hydrogen (secondary N) is 1. The number of para-hydroxylation sites is 1. The summed E-state index contributed by atoms with van der Waals surface area (Å²) >= 11 is 12.0. The monoisotopic (exact) mass is 425 g/mol. The number of carbonyl (C=O) groups is 2. The molecule has 150 valence electrons. The number of rotatable bonds is 9. The molecular formula is C20H21Cl2NO5. The Bertz CT molecular complexity index is 821. The molecule has 2 rings (SSSR count). The molecule has 0 aromatic heterocycles. The van der Waals surface area contributed by atoms with Crippen LogP contribution < -0.4 is 14.8 Å². The maximum absolute atomic E-state index is 12.3. The van der Waals surface area contributed by atoms with Crippen molar-refractivity contribution in [3.8, 4) is 11.5 Å². The predicted octanol–water partition coefficient (Wildman–Crippen LogP) is 4.98. The average Bonchev–Trinajstić information content (AvgIpc) is 2.68. The number of hydrogen-bond donors (Lipinski definition) is 1. The first-order valence-electron chi connectivity index (χ1n) is 8.76. The van der Waals surface area contributed by atoms with Gasteiger partial charge in [0, 0.05) is 0 Å². The summed E-state index contributed by atoms with van der Waals surface area (Å²) in [5.41, 5.74) is 0.513. The zero-order valence-corrected chi connectivity index (χ0v) is 17.1. The summed E-state index contributed by atoms with van der Waals surface area (Å²) in [6, 6.07) is 9.56. The molecule has 0 unspecified atom stereocenters. The smallest absolute Gasteiger partial charge is 0.338 e. The van der Waals surface area contributed by atoms with Gasteiger partial charge in [0.2, 0.25) is 0 Å². The summed E-state index contributed by atoms with van der Waals surface area (Å²) in [4.78, 5) is 24.3. The minimum Gasteiger partial charge on any atom is -0.490 e. The van der Waals surface area contributed by atoms with E-state index in [0.29, 0.717) is 24.7 Å². The van der Waals surface area contributed by atoms with Crippen molar-refractivity contribution in [3.63, 3.8) is 0 Å². The third-order valence-electron chi connectivity index (χ3n) is 3.50. The van der Waals surface area contributed by atoms with Crippen LogP contribution >= 0.6 is 23.2 Å². The summed E-state index contributed by atoms with van der Waals surface area (Å²) in [7, 11) is 0. The van der Waals surface area contributed by atoms with Crippen molar-refractivity contribution in [2.24, 2.45) is 0 Å². The summed E-state index contributed by atoms with van der Waals surface area (Å²) in [5, 5.41) is 3.10. The third-order valence-corrected chi connectivity index (χ3v) is 4.13. The molecule has 0 heterocycles. The van der Waals surface area contributed by atoms with E-state index in [1.54, 1.807) is 30.3 Å². The van der Waals surface area contributed by atoms with Crippen LogP contribution in [0.3, 0.4) is 0 Å². The van der Waals surface area contributed by atoms with E-state index >= 15 is 0 Å². The van der Waals surface area contributed by atoms with Crippen molar-refractivity contribution in [3.05, 3.63) is 52.0 Å². The lowest BCUT2D eigenvalue weighted by Crippen LogP contribution is -2.21. The Labute approximate surface area is 173 Å². The molecule has 0 radical (unpaired) electrons. The minimum absolute atomic E-state index is 0.246. The topological polar surface area (TPSA) is 73.9 Å². The van der Waals surface area contributed by atoms with Crippen LogP contribution in [0.15, 0.2) is 36.4 Å². The minimum atomic E-state index is -0.664. The van der Waals surface area contributed by atoms with Crippen LogP contribution in [0.25, 0.3) is 0 Å². The van der Waals surface area contributed by atoms with E-state index in [9.17, 15) is 9.59 Å². The number of anilines is 1. The molecule has 0 bridgehead atoms. The molecule has 2 aromatic carbocycles. The Morgan fingerprint density at radius 3 is 2.36 bits per heavy atom. The van der Waals surface area contributed by atoms with Gasteiger partial charge in [-0.1, -0.05) is 36.2 Å². The molecule has 0 aliphatic rings. The van der Waals surface area contributed by atoms with Crippen LogP contribution in [0, 0.1) is 0 Å². The molecule has 0 spiro atoms.